The Hall–Kier alpha value is -1.67. The predicted octanol–water partition coefficient (Wildman–Crippen LogP) is 5.28. The first-order chi connectivity index (χ1) is 13.4. The van der Waals surface area contributed by atoms with Gasteiger partial charge in [-0.05, 0) is 57.4 Å². The molecule has 8 heteroatoms. The van der Waals surface area contributed by atoms with Crippen LogP contribution in [-0.4, -0.2) is 45.3 Å². The van der Waals surface area contributed by atoms with E-state index in [0.717, 1.165) is 16.0 Å². The number of hydrogen-bond donors (Lipinski definition) is 0. The van der Waals surface area contributed by atoms with Crippen LogP contribution in [0.2, 0.25) is 5.02 Å². The van der Waals surface area contributed by atoms with Crippen LogP contribution in [0.15, 0.2) is 58.2 Å². The number of rotatable bonds is 7. The van der Waals surface area contributed by atoms with Gasteiger partial charge in [-0.2, -0.15) is 0 Å². The fraction of sp³-hybridized carbons (Fsp3) is 0.250. The van der Waals surface area contributed by atoms with E-state index < -0.39 is 0 Å². The Morgan fingerprint density at radius 1 is 1.14 bits per heavy atom. The van der Waals surface area contributed by atoms with Crippen molar-refractivity contribution in [2.45, 2.75) is 18.1 Å². The van der Waals surface area contributed by atoms with E-state index in [-0.39, 0.29) is 17.6 Å². The molecule has 3 rings (SSSR count). The smallest absolute Gasteiger partial charge is 0.196 e. The van der Waals surface area contributed by atoms with Crippen molar-refractivity contribution in [2.75, 3.05) is 19.8 Å². The number of aromatic nitrogens is 3. The summed E-state index contributed by atoms with van der Waals surface area (Å²) in [6.07, 6.45) is 0. The number of hydrogen-bond acceptors (Lipinski definition) is 5. The summed E-state index contributed by atoms with van der Waals surface area (Å²) in [6, 6.07) is 14.9. The molecule has 146 valence electrons. The number of ketones is 1. The maximum atomic E-state index is 12.6. The predicted molar refractivity (Wildman–Crippen MR) is 118 cm³/mol. The molecule has 1 aromatic heterocycles. The van der Waals surface area contributed by atoms with E-state index in [9.17, 15) is 4.79 Å². The van der Waals surface area contributed by atoms with Gasteiger partial charge in [-0.15, -0.1) is 10.2 Å². The van der Waals surface area contributed by atoms with Gasteiger partial charge in [0.15, 0.2) is 16.8 Å². The molecule has 0 saturated carbocycles. The lowest BCUT2D eigenvalue weighted by atomic mass is 10.2. The van der Waals surface area contributed by atoms with E-state index in [0.29, 0.717) is 15.7 Å². The van der Waals surface area contributed by atoms with Crippen molar-refractivity contribution in [3.05, 3.63) is 69.4 Å². The first-order valence-corrected chi connectivity index (χ1v) is 10.8. The Morgan fingerprint density at radius 2 is 1.79 bits per heavy atom. The molecule has 3 aromatic rings. The molecular weight excluding hydrogens is 460 g/mol. The number of halogens is 2. The first kappa shape index (κ1) is 21.0. The summed E-state index contributed by atoms with van der Waals surface area (Å²) in [5.74, 6) is 1.14. The van der Waals surface area contributed by atoms with Gasteiger partial charge in [-0.1, -0.05) is 51.4 Å². The van der Waals surface area contributed by atoms with Crippen LogP contribution in [0.3, 0.4) is 0 Å². The summed E-state index contributed by atoms with van der Waals surface area (Å²) in [7, 11) is 3.99. The van der Waals surface area contributed by atoms with Crippen molar-refractivity contribution >= 4 is 45.1 Å². The fourth-order valence-electron chi connectivity index (χ4n) is 2.56. The summed E-state index contributed by atoms with van der Waals surface area (Å²) in [6.45, 7) is 2.07. The van der Waals surface area contributed by atoms with Crippen LogP contribution in [-0.2, 0) is 0 Å². The summed E-state index contributed by atoms with van der Waals surface area (Å²) in [4.78, 5) is 14.6. The average molecular weight is 480 g/mol. The van der Waals surface area contributed by atoms with Crippen LogP contribution in [0.4, 0.5) is 0 Å². The average Bonchev–Trinajstić information content (AvgIpc) is 3.10. The number of nitrogens with zero attached hydrogens (tertiary/aromatic N) is 4. The fourth-order valence-corrected chi connectivity index (χ4v) is 3.80. The van der Waals surface area contributed by atoms with Crippen molar-refractivity contribution in [3.8, 4) is 5.69 Å². The molecule has 28 heavy (non-hydrogen) atoms. The molecule has 0 N–H and O–H groups in total. The summed E-state index contributed by atoms with van der Waals surface area (Å²) >= 11 is 10.8. The molecule has 0 spiro atoms. The lowest BCUT2D eigenvalue weighted by molar-refractivity contribution is 0.102. The van der Waals surface area contributed by atoms with Gasteiger partial charge in [-0.25, -0.2) is 0 Å². The lowest BCUT2D eigenvalue weighted by Gasteiger charge is -2.20. The Kier molecular flexibility index (Phi) is 6.93. The van der Waals surface area contributed by atoms with E-state index in [1.807, 2.05) is 67.2 Å². The third-order valence-corrected chi connectivity index (χ3v) is 6.10. The molecule has 0 aliphatic carbocycles. The highest BCUT2D eigenvalue weighted by atomic mass is 79.9. The molecule has 1 heterocycles. The standard InChI is InChI=1S/C20H20BrClN4OS/c1-13(25(2)3)19-23-24-20(26(19)17-10-8-16(22)9-11-17)28-12-18(27)14-4-6-15(21)7-5-14/h4-11,13H,12H2,1-3H3/t13-/m1/s1. The monoisotopic (exact) mass is 478 g/mol. The molecular formula is C20H20BrClN4OS. The third kappa shape index (κ3) is 4.84. The summed E-state index contributed by atoms with van der Waals surface area (Å²) in [5, 5.41) is 10.1. The van der Waals surface area contributed by atoms with Crippen LogP contribution in [0.1, 0.15) is 29.1 Å². The molecule has 0 aliphatic heterocycles. The summed E-state index contributed by atoms with van der Waals surface area (Å²) < 4.78 is 2.93. The Bertz CT molecular complexity index is 957. The zero-order chi connectivity index (χ0) is 20.3. The molecule has 0 radical (unpaired) electrons. The van der Waals surface area contributed by atoms with E-state index in [1.54, 1.807) is 0 Å². The maximum absolute atomic E-state index is 12.6. The van der Waals surface area contributed by atoms with Gasteiger partial charge in [-0.3, -0.25) is 14.3 Å². The van der Waals surface area contributed by atoms with Gasteiger partial charge in [0.05, 0.1) is 11.8 Å². The molecule has 0 bridgehead atoms. The number of thioether (sulfide) groups is 1. The van der Waals surface area contributed by atoms with Crippen LogP contribution in [0, 0.1) is 0 Å². The minimum Gasteiger partial charge on any atom is -0.300 e. The molecule has 1 atom stereocenters. The van der Waals surface area contributed by atoms with Gasteiger partial charge in [0.25, 0.3) is 0 Å². The van der Waals surface area contributed by atoms with Crippen molar-refractivity contribution in [1.29, 1.82) is 0 Å². The van der Waals surface area contributed by atoms with Gasteiger partial charge in [0, 0.05) is 20.7 Å². The Labute approximate surface area is 182 Å². The second-order valence-electron chi connectivity index (χ2n) is 6.51. The summed E-state index contributed by atoms with van der Waals surface area (Å²) in [5.41, 5.74) is 1.59. The van der Waals surface area contributed by atoms with Crippen molar-refractivity contribution < 1.29 is 4.79 Å². The van der Waals surface area contributed by atoms with Crippen LogP contribution >= 0.6 is 39.3 Å². The number of carbonyl (C=O) groups excluding carboxylic acids is 1. The second kappa shape index (κ2) is 9.22. The van der Waals surface area contributed by atoms with E-state index >= 15 is 0 Å². The molecule has 0 fully saturated rings. The quantitative estimate of drug-likeness (QED) is 0.341. The molecule has 5 nitrogen and oxygen atoms in total. The number of Topliss-reactive ketones (excluding diaryl/α,β-unsaturated/α-hetero) is 1. The minimum atomic E-state index is 0.0466. The van der Waals surface area contributed by atoms with Gasteiger partial charge in [0.1, 0.15) is 0 Å². The van der Waals surface area contributed by atoms with Gasteiger partial charge < -0.3 is 0 Å². The molecule has 0 aliphatic rings. The lowest BCUT2D eigenvalue weighted by Crippen LogP contribution is -2.20. The topological polar surface area (TPSA) is 51.0 Å². The highest BCUT2D eigenvalue weighted by Crippen LogP contribution is 2.28. The SMILES string of the molecule is C[C@H](c1nnc(SCC(=O)c2ccc(Br)cc2)n1-c1ccc(Cl)cc1)N(C)C. The third-order valence-electron chi connectivity index (χ3n) is 4.39. The maximum Gasteiger partial charge on any atom is 0.196 e. The number of benzene rings is 2. The van der Waals surface area contributed by atoms with Crippen molar-refractivity contribution in [3.63, 3.8) is 0 Å². The highest BCUT2D eigenvalue weighted by Gasteiger charge is 2.21. The largest absolute Gasteiger partial charge is 0.300 e. The van der Waals surface area contributed by atoms with Gasteiger partial charge in [0.2, 0.25) is 0 Å². The van der Waals surface area contributed by atoms with E-state index in [2.05, 4.69) is 38.0 Å². The number of carbonyl (C=O) groups is 1. The molecule has 0 amide bonds. The Morgan fingerprint density at radius 3 is 2.39 bits per heavy atom. The van der Waals surface area contributed by atoms with E-state index in [1.165, 1.54) is 11.8 Å². The van der Waals surface area contributed by atoms with Crippen molar-refractivity contribution in [2.24, 2.45) is 0 Å². The molecule has 0 saturated heterocycles. The second-order valence-corrected chi connectivity index (χ2v) is 8.81. The van der Waals surface area contributed by atoms with Crippen molar-refractivity contribution in [1.82, 2.24) is 19.7 Å². The molecule has 2 aromatic carbocycles. The minimum absolute atomic E-state index is 0.0466. The van der Waals surface area contributed by atoms with Gasteiger partial charge >= 0.3 is 0 Å². The zero-order valence-electron chi connectivity index (χ0n) is 15.8. The normalized spacial score (nSPS) is 12.4. The first-order valence-electron chi connectivity index (χ1n) is 8.66. The molecule has 0 unspecified atom stereocenters. The van der Waals surface area contributed by atoms with Crippen LogP contribution in [0.5, 0.6) is 0 Å². The zero-order valence-corrected chi connectivity index (χ0v) is 18.9. The van der Waals surface area contributed by atoms with Crippen LogP contribution < -0.4 is 0 Å². The van der Waals surface area contributed by atoms with Crippen LogP contribution in [0.25, 0.3) is 5.69 Å². The highest BCUT2D eigenvalue weighted by molar-refractivity contribution is 9.10. The van der Waals surface area contributed by atoms with E-state index in [4.69, 9.17) is 11.6 Å². The Balaban J connectivity index is 1.89.